The van der Waals surface area contributed by atoms with Crippen LogP contribution in [0.2, 0.25) is 0 Å². The lowest BCUT2D eigenvalue weighted by molar-refractivity contribution is 0.170. The van der Waals surface area contributed by atoms with Gasteiger partial charge in [-0.05, 0) is 44.1 Å². The smallest absolute Gasteiger partial charge is 0.120 e. The van der Waals surface area contributed by atoms with Crippen molar-refractivity contribution in [1.29, 1.82) is 0 Å². The molecule has 0 fully saturated rings. The van der Waals surface area contributed by atoms with Crippen molar-refractivity contribution in [2.24, 2.45) is 11.8 Å². The summed E-state index contributed by atoms with van der Waals surface area (Å²) in [7, 11) is 0. The molecule has 0 spiro atoms. The quantitative estimate of drug-likeness (QED) is 0.648. The molecule has 2 aliphatic carbocycles. The molecule has 0 saturated heterocycles. The van der Waals surface area contributed by atoms with Gasteiger partial charge in [0, 0.05) is 5.92 Å². The molecule has 0 aromatic rings. The molecular weight excluding hydrogens is 184 g/mol. The van der Waals surface area contributed by atoms with Gasteiger partial charge in [0.1, 0.15) is 6.10 Å². The fourth-order valence-electron chi connectivity index (χ4n) is 2.55. The highest BCUT2D eigenvalue weighted by Gasteiger charge is 2.25. The topological polar surface area (TPSA) is 20.2 Å². The van der Waals surface area contributed by atoms with Crippen LogP contribution in [0.15, 0.2) is 23.8 Å². The maximum atomic E-state index is 9.82. The Hall–Kier alpha value is -1.00. The molecule has 80 valence electrons. The number of aliphatic hydroxyl groups excluding tert-OH is 1. The minimum Gasteiger partial charge on any atom is -0.380 e. The van der Waals surface area contributed by atoms with E-state index >= 15 is 0 Å². The van der Waals surface area contributed by atoms with Crippen molar-refractivity contribution in [2.75, 3.05) is 0 Å². The third kappa shape index (κ3) is 2.33. The maximum Gasteiger partial charge on any atom is 0.120 e. The molecule has 1 heteroatoms. The van der Waals surface area contributed by atoms with Crippen molar-refractivity contribution in [3.63, 3.8) is 0 Å². The van der Waals surface area contributed by atoms with Gasteiger partial charge in [-0.3, -0.25) is 0 Å². The highest BCUT2D eigenvalue weighted by atomic mass is 16.3. The van der Waals surface area contributed by atoms with Crippen LogP contribution in [-0.4, -0.2) is 11.2 Å². The molecule has 0 aromatic carbocycles. The Labute approximate surface area is 91.9 Å². The molecule has 0 unspecified atom stereocenters. The summed E-state index contributed by atoms with van der Waals surface area (Å²) in [6.07, 6.45) is 11.0. The first-order chi connectivity index (χ1) is 7.31. The Morgan fingerprint density at radius 1 is 1.40 bits per heavy atom. The number of fused-ring (bicyclic) bond motifs is 1. The van der Waals surface area contributed by atoms with Crippen molar-refractivity contribution in [1.82, 2.24) is 0 Å². The van der Waals surface area contributed by atoms with Gasteiger partial charge in [0.05, 0.1) is 0 Å². The second-order valence-corrected chi connectivity index (χ2v) is 4.42. The zero-order valence-corrected chi connectivity index (χ0v) is 9.24. The molecule has 0 amide bonds. The van der Waals surface area contributed by atoms with Crippen LogP contribution in [-0.2, 0) is 0 Å². The average Bonchev–Trinajstić information content (AvgIpc) is 2.29. The Morgan fingerprint density at radius 3 is 3.07 bits per heavy atom. The predicted octanol–water partition coefficient (Wildman–Crippen LogP) is 2.67. The van der Waals surface area contributed by atoms with Crippen LogP contribution in [0.25, 0.3) is 0 Å². The third-order valence-electron chi connectivity index (χ3n) is 3.42. The molecular formula is C14H18O. The molecule has 0 aromatic heterocycles. The number of hydrogen-bond donors (Lipinski definition) is 1. The van der Waals surface area contributed by atoms with E-state index in [-0.39, 0.29) is 5.92 Å². The standard InChI is InChI=1S/C14H18O/c1-2-5-14(15)13-9-8-11-6-3-4-7-12(11)10-13/h4,7,10-11,13-15H,3,6,8-9H2,1H3/t11-,13-,14-/m0/s1. The molecule has 2 rings (SSSR count). The molecule has 0 saturated carbocycles. The molecule has 0 radical (unpaired) electrons. The lowest BCUT2D eigenvalue weighted by atomic mass is 9.76. The fraction of sp³-hybridized carbons (Fsp3) is 0.571. The average molecular weight is 202 g/mol. The summed E-state index contributed by atoms with van der Waals surface area (Å²) in [6, 6.07) is 0. The van der Waals surface area contributed by atoms with Gasteiger partial charge in [0.15, 0.2) is 0 Å². The Balaban J connectivity index is 2.13. The first-order valence-electron chi connectivity index (χ1n) is 5.80. The number of hydrogen-bond acceptors (Lipinski definition) is 1. The van der Waals surface area contributed by atoms with Gasteiger partial charge in [-0.15, -0.1) is 5.92 Å². The molecule has 0 heterocycles. The van der Waals surface area contributed by atoms with E-state index in [4.69, 9.17) is 0 Å². The van der Waals surface area contributed by atoms with Crippen molar-refractivity contribution in [2.45, 2.75) is 38.7 Å². The van der Waals surface area contributed by atoms with E-state index in [1.54, 1.807) is 6.92 Å². The van der Waals surface area contributed by atoms with E-state index in [1.807, 2.05) is 0 Å². The second kappa shape index (κ2) is 4.68. The van der Waals surface area contributed by atoms with E-state index in [1.165, 1.54) is 24.8 Å². The van der Waals surface area contributed by atoms with Gasteiger partial charge >= 0.3 is 0 Å². The van der Waals surface area contributed by atoms with Gasteiger partial charge < -0.3 is 5.11 Å². The molecule has 3 atom stereocenters. The summed E-state index contributed by atoms with van der Waals surface area (Å²) in [4.78, 5) is 0. The number of allylic oxidation sites excluding steroid dienone is 3. The summed E-state index contributed by atoms with van der Waals surface area (Å²) >= 11 is 0. The minimum atomic E-state index is -0.473. The normalized spacial score (nSPS) is 30.9. The number of rotatable bonds is 1. The van der Waals surface area contributed by atoms with Gasteiger partial charge in [0.2, 0.25) is 0 Å². The van der Waals surface area contributed by atoms with Gasteiger partial charge in [-0.2, -0.15) is 0 Å². The molecule has 0 aliphatic heterocycles. The van der Waals surface area contributed by atoms with Gasteiger partial charge in [-0.25, -0.2) is 0 Å². The van der Waals surface area contributed by atoms with Gasteiger partial charge in [0.25, 0.3) is 0 Å². The van der Waals surface area contributed by atoms with Crippen molar-refractivity contribution < 1.29 is 5.11 Å². The monoisotopic (exact) mass is 202 g/mol. The van der Waals surface area contributed by atoms with Crippen LogP contribution < -0.4 is 0 Å². The van der Waals surface area contributed by atoms with Crippen molar-refractivity contribution >= 4 is 0 Å². The van der Waals surface area contributed by atoms with E-state index in [0.29, 0.717) is 0 Å². The van der Waals surface area contributed by atoms with Crippen molar-refractivity contribution in [3.8, 4) is 11.8 Å². The zero-order chi connectivity index (χ0) is 10.7. The Bertz CT molecular complexity index is 340. The third-order valence-corrected chi connectivity index (χ3v) is 3.42. The summed E-state index contributed by atoms with van der Waals surface area (Å²) in [6.45, 7) is 1.78. The van der Waals surface area contributed by atoms with Crippen LogP contribution in [0.4, 0.5) is 0 Å². The summed E-state index contributed by atoms with van der Waals surface area (Å²) in [5.74, 6) is 6.62. The Morgan fingerprint density at radius 2 is 2.27 bits per heavy atom. The zero-order valence-electron chi connectivity index (χ0n) is 9.24. The van der Waals surface area contributed by atoms with Crippen LogP contribution in [0.3, 0.4) is 0 Å². The maximum absolute atomic E-state index is 9.82. The van der Waals surface area contributed by atoms with Gasteiger partial charge in [-0.1, -0.05) is 24.1 Å². The minimum absolute atomic E-state index is 0.242. The molecule has 1 N–H and O–H groups in total. The van der Waals surface area contributed by atoms with E-state index in [0.717, 1.165) is 12.3 Å². The summed E-state index contributed by atoms with van der Waals surface area (Å²) in [5.41, 5.74) is 1.43. The largest absolute Gasteiger partial charge is 0.380 e. The van der Waals surface area contributed by atoms with Crippen LogP contribution in [0.1, 0.15) is 32.6 Å². The molecule has 0 bridgehead atoms. The second-order valence-electron chi connectivity index (χ2n) is 4.42. The lowest BCUT2D eigenvalue weighted by Crippen LogP contribution is -2.23. The molecule has 2 aliphatic rings. The van der Waals surface area contributed by atoms with Crippen LogP contribution in [0.5, 0.6) is 0 Å². The highest BCUT2D eigenvalue weighted by molar-refractivity contribution is 5.28. The van der Waals surface area contributed by atoms with Crippen molar-refractivity contribution in [3.05, 3.63) is 23.8 Å². The lowest BCUT2D eigenvalue weighted by Gasteiger charge is -2.30. The molecule has 1 nitrogen and oxygen atoms in total. The van der Waals surface area contributed by atoms with E-state index in [2.05, 4.69) is 30.1 Å². The van der Waals surface area contributed by atoms with Crippen LogP contribution >= 0.6 is 0 Å². The van der Waals surface area contributed by atoms with E-state index < -0.39 is 6.10 Å². The first-order valence-corrected chi connectivity index (χ1v) is 5.80. The summed E-state index contributed by atoms with van der Waals surface area (Å²) < 4.78 is 0. The first kappa shape index (κ1) is 10.5. The molecule has 15 heavy (non-hydrogen) atoms. The Kier molecular flexibility index (Phi) is 3.28. The predicted molar refractivity (Wildman–Crippen MR) is 62.1 cm³/mol. The fourth-order valence-corrected chi connectivity index (χ4v) is 2.55. The SMILES string of the molecule is CC#C[C@H](O)[C@@H]1C=C2C=CCC[C@H]2CC1. The summed E-state index contributed by atoms with van der Waals surface area (Å²) in [5, 5.41) is 9.82. The number of aliphatic hydroxyl groups is 1. The van der Waals surface area contributed by atoms with Crippen LogP contribution in [0, 0.1) is 23.7 Å². The van der Waals surface area contributed by atoms with E-state index in [9.17, 15) is 5.11 Å². The highest BCUT2D eigenvalue weighted by Crippen LogP contribution is 2.36.